The molecule has 2 rings (SSSR count). The van der Waals surface area contributed by atoms with Crippen molar-refractivity contribution in [3.63, 3.8) is 0 Å². The van der Waals surface area contributed by atoms with E-state index in [9.17, 15) is 14.0 Å². The van der Waals surface area contributed by atoms with Crippen molar-refractivity contribution in [1.82, 2.24) is 0 Å². The van der Waals surface area contributed by atoms with Crippen LogP contribution in [0.2, 0.25) is 0 Å². The summed E-state index contributed by atoms with van der Waals surface area (Å²) in [7, 11) is 4.42. The van der Waals surface area contributed by atoms with Gasteiger partial charge < -0.3 is 18.9 Å². The lowest BCUT2D eigenvalue weighted by atomic mass is 10.1. The molecule has 0 aliphatic heterocycles. The minimum Gasteiger partial charge on any atom is -0.493 e. The maximum Gasteiger partial charge on any atom is 0.310 e. The molecule has 0 N–H and O–H groups in total. The Hall–Kier alpha value is -3.09. The van der Waals surface area contributed by atoms with Crippen molar-refractivity contribution < 1.29 is 32.9 Å². The van der Waals surface area contributed by atoms with Crippen LogP contribution in [0.25, 0.3) is 0 Å². The molecule has 0 aliphatic carbocycles. The molecule has 6 nitrogen and oxygen atoms in total. The van der Waals surface area contributed by atoms with E-state index in [1.54, 1.807) is 12.1 Å². The van der Waals surface area contributed by atoms with E-state index in [0.29, 0.717) is 22.8 Å². The molecule has 0 spiro atoms. The highest BCUT2D eigenvalue weighted by Crippen LogP contribution is 2.38. The normalized spacial score (nSPS) is 10.2. The molecule has 7 heteroatoms. The van der Waals surface area contributed by atoms with Crippen molar-refractivity contribution >= 4 is 11.8 Å². The van der Waals surface area contributed by atoms with E-state index in [2.05, 4.69) is 0 Å². The molecule has 0 aromatic heterocycles. The van der Waals surface area contributed by atoms with Gasteiger partial charge in [-0.05, 0) is 29.8 Å². The number of rotatable bonds is 8. The van der Waals surface area contributed by atoms with Gasteiger partial charge in [0.2, 0.25) is 5.75 Å². The quantitative estimate of drug-likeness (QED) is 0.531. The molecular formula is C19H19FO6. The molecule has 0 heterocycles. The summed E-state index contributed by atoms with van der Waals surface area (Å²) in [6, 6.07) is 8.44. The molecule has 2 aromatic carbocycles. The van der Waals surface area contributed by atoms with Gasteiger partial charge in [-0.15, -0.1) is 0 Å². The monoisotopic (exact) mass is 362 g/mol. The van der Waals surface area contributed by atoms with E-state index < -0.39 is 24.2 Å². The number of carbonyl (C=O) groups is 2. The second-order valence-corrected chi connectivity index (χ2v) is 5.30. The first-order valence-electron chi connectivity index (χ1n) is 7.71. The minimum absolute atomic E-state index is 0.0901. The van der Waals surface area contributed by atoms with E-state index in [1.165, 1.54) is 39.5 Å². The molecule has 0 atom stereocenters. The molecule has 0 aliphatic rings. The van der Waals surface area contributed by atoms with Gasteiger partial charge in [0.05, 0.1) is 27.8 Å². The Bertz CT molecular complexity index is 777. The largest absolute Gasteiger partial charge is 0.493 e. The van der Waals surface area contributed by atoms with Crippen LogP contribution in [0.4, 0.5) is 4.39 Å². The Balaban J connectivity index is 2.02. The van der Waals surface area contributed by atoms with Gasteiger partial charge in [0.25, 0.3) is 0 Å². The molecule has 2 aromatic rings. The number of ketones is 1. The third-order valence-electron chi connectivity index (χ3n) is 3.58. The van der Waals surface area contributed by atoms with E-state index in [1.807, 2.05) is 0 Å². The van der Waals surface area contributed by atoms with Crippen molar-refractivity contribution in [3.05, 3.63) is 53.3 Å². The molecule has 0 bridgehead atoms. The SMILES string of the molecule is COc1cc(CC(=O)OCC(=O)c2cccc(F)c2)cc(OC)c1OC. The van der Waals surface area contributed by atoms with Crippen LogP contribution in [0, 0.1) is 5.82 Å². The predicted octanol–water partition coefficient (Wildman–Crippen LogP) is 2.82. The third kappa shape index (κ3) is 4.72. The smallest absolute Gasteiger partial charge is 0.310 e. The lowest BCUT2D eigenvalue weighted by Crippen LogP contribution is -2.16. The van der Waals surface area contributed by atoms with Crippen LogP contribution < -0.4 is 14.2 Å². The molecule has 138 valence electrons. The fraction of sp³-hybridized carbons (Fsp3) is 0.263. The van der Waals surface area contributed by atoms with Crippen molar-refractivity contribution in [1.29, 1.82) is 0 Å². The van der Waals surface area contributed by atoms with Crippen molar-refractivity contribution in [2.75, 3.05) is 27.9 Å². The summed E-state index contributed by atoms with van der Waals surface area (Å²) in [5.74, 6) is -0.393. The number of halogens is 1. The summed E-state index contributed by atoms with van der Waals surface area (Å²) < 4.78 is 33.8. The number of benzene rings is 2. The third-order valence-corrected chi connectivity index (χ3v) is 3.58. The van der Waals surface area contributed by atoms with E-state index in [4.69, 9.17) is 18.9 Å². The Labute approximate surface area is 150 Å². The number of methoxy groups -OCH3 is 3. The van der Waals surface area contributed by atoms with Crippen LogP contribution in [0.5, 0.6) is 17.2 Å². The first-order valence-corrected chi connectivity index (χ1v) is 7.71. The molecule has 0 saturated carbocycles. The zero-order valence-corrected chi connectivity index (χ0v) is 14.7. The molecule has 0 amide bonds. The topological polar surface area (TPSA) is 71.1 Å². The van der Waals surface area contributed by atoms with Crippen LogP contribution >= 0.6 is 0 Å². The molecule has 26 heavy (non-hydrogen) atoms. The Morgan fingerprint density at radius 1 is 0.962 bits per heavy atom. The van der Waals surface area contributed by atoms with Crippen molar-refractivity contribution in [2.45, 2.75) is 6.42 Å². The predicted molar refractivity (Wildman–Crippen MR) is 91.5 cm³/mol. The van der Waals surface area contributed by atoms with Crippen LogP contribution in [0.1, 0.15) is 15.9 Å². The van der Waals surface area contributed by atoms with Gasteiger partial charge in [-0.25, -0.2) is 4.39 Å². The Morgan fingerprint density at radius 2 is 1.62 bits per heavy atom. The average Bonchev–Trinajstić information content (AvgIpc) is 2.65. The first-order chi connectivity index (χ1) is 12.5. The van der Waals surface area contributed by atoms with Crippen LogP contribution in [0.3, 0.4) is 0 Å². The van der Waals surface area contributed by atoms with Gasteiger partial charge in [-0.1, -0.05) is 12.1 Å². The fourth-order valence-corrected chi connectivity index (χ4v) is 2.35. The minimum atomic E-state index is -0.607. The number of Topliss-reactive ketones (excluding diaryl/α,β-unsaturated/α-hetero) is 1. The van der Waals surface area contributed by atoms with Gasteiger partial charge in [0, 0.05) is 5.56 Å². The number of hydrogen-bond acceptors (Lipinski definition) is 6. The maximum atomic E-state index is 13.1. The van der Waals surface area contributed by atoms with Crippen LogP contribution in [0.15, 0.2) is 36.4 Å². The van der Waals surface area contributed by atoms with Crippen LogP contribution in [-0.4, -0.2) is 39.7 Å². The van der Waals surface area contributed by atoms with E-state index >= 15 is 0 Å². The molecule has 0 saturated heterocycles. The second kappa shape index (κ2) is 8.84. The summed E-state index contributed by atoms with van der Waals surface area (Å²) in [6.45, 7) is -0.466. The van der Waals surface area contributed by atoms with Gasteiger partial charge in [0.1, 0.15) is 5.82 Å². The Morgan fingerprint density at radius 3 is 2.15 bits per heavy atom. The summed E-state index contributed by atoms with van der Waals surface area (Å²) in [5.41, 5.74) is 0.716. The summed E-state index contributed by atoms with van der Waals surface area (Å²) in [4.78, 5) is 23.9. The molecular weight excluding hydrogens is 343 g/mol. The summed E-state index contributed by atoms with van der Waals surface area (Å²) >= 11 is 0. The van der Waals surface area contributed by atoms with Gasteiger partial charge in [-0.3, -0.25) is 9.59 Å². The molecule has 0 fully saturated rings. The lowest BCUT2D eigenvalue weighted by molar-refractivity contribution is -0.141. The van der Waals surface area contributed by atoms with Crippen molar-refractivity contribution in [2.24, 2.45) is 0 Å². The van der Waals surface area contributed by atoms with Gasteiger partial charge in [-0.2, -0.15) is 0 Å². The fourth-order valence-electron chi connectivity index (χ4n) is 2.35. The number of ether oxygens (including phenoxy) is 4. The van der Waals surface area contributed by atoms with Crippen molar-refractivity contribution in [3.8, 4) is 17.2 Å². The lowest BCUT2D eigenvalue weighted by Gasteiger charge is -2.14. The zero-order chi connectivity index (χ0) is 19.1. The number of esters is 1. The highest BCUT2D eigenvalue weighted by atomic mass is 19.1. The maximum absolute atomic E-state index is 13.1. The highest BCUT2D eigenvalue weighted by molar-refractivity contribution is 5.98. The highest BCUT2D eigenvalue weighted by Gasteiger charge is 2.16. The van der Waals surface area contributed by atoms with Gasteiger partial charge >= 0.3 is 5.97 Å². The number of hydrogen-bond donors (Lipinski definition) is 0. The molecule has 0 radical (unpaired) electrons. The average molecular weight is 362 g/mol. The van der Waals surface area contributed by atoms with E-state index in [0.717, 1.165) is 6.07 Å². The zero-order valence-electron chi connectivity index (χ0n) is 14.7. The summed E-state index contributed by atoms with van der Waals surface area (Å²) in [5, 5.41) is 0. The van der Waals surface area contributed by atoms with Gasteiger partial charge in [0.15, 0.2) is 23.9 Å². The standard InChI is InChI=1S/C19H19FO6/c1-23-16-7-12(8-17(24-2)19(16)25-3)9-18(22)26-11-15(21)13-5-4-6-14(20)10-13/h4-8,10H,9,11H2,1-3H3. The summed E-state index contributed by atoms with van der Waals surface area (Å²) in [6.07, 6.45) is -0.0901. The first kappa shape index (κ1) is 19.2. The number of carbonyl (C=O) groups excluding carboxylic acids is 2. The van der Waals surface area contributed by atoms with Crippen LogP contribution in [-0.2, 0) is 16.0 Å². The molecule has 0 unspecified atom stereocenters. The Kier molecular flexibility index (Phi) is 6.54. The second-order valence-electron chi connectivity index (χ2n) is 5.30. The van der Waals surface area contributed by atoms with E-state index in [-0.39, 0.29) is 12.0 Å².